The monoisotopic (exact) mass is 435 g/mol. The van der Waals surface area contributed by atoms with E-state index < -0.39 is 29.9 Å². The van der Waals surface area contributed by atoms with E-state index in [9.17, 15) is 14.4 Å². The standard InChI is InChI=1S/C23H25N5O4/c1-4-13-27-18-8-6-5-7-17(18)24-21(27)25-19(29)14-28-20(30)23(2,26-22(28)31)15-9-11-16(32-3)12-10-15/h5-12H,4,13-14H2,1-3H3,(H,26,31)(H,24,25,29)/t23-/m0/s1. The summed E-state index contributed by atoms with van der Waals surface area (Å²) in [6.07, 6.45) is 0.858. The third-order valence-corrected chi connectivity index (χ3v) is 5.60. The highest BCUT2D eigenvalue weighted by molar-refractivity contribution is 6.10. The van der Waals surface area contributed by atoms with Gasteiger partial charge >= 0.3 is 6.03 Å². The zero-order valence-corrected chi connectivity index (χ0v) is 18.2. The minimum absolute atomic E-state index is 0.392. The number of nitrogens with zero attached hydrogens (tertiary/aromatic N) is 3. The van der Waals surface area contributed by atoms with Crippen LogP contribution in [-0.4, -0.2) is 46.0 Å². The number of para-hydroxylation sites is 2. The zero-order chi connectivity index (χ0) is 22.9. The number of carbonyl (C=O) groups is 3. The van der Waals surface area contributed by atoms with Gasteiger partial charge in [-0.15, -0.1) is 0 Å². The molecule has 1 saturated heterocycles. The lowest BCUT2D eigenvalue weighted by Crippen LogP contribution is -2.42. The van der Waals surface area contributed by atoms with Crippen molar-refractivity contribution in [1.29, 1.82) is 0 Å². The van der Waals surface area contributed by atoms with Crippen molar-refractivity contribution < 1.29 is 19.1 Å². The average molecular weight is 435 g/mol. The van der Waals surface area contributed by atoms with Crippen LogP contribution in [-0.2, 0) is 21.7 Å². The van der Waals surface area contributed by atoms with Crippen molar-refractivity contribution in [2.75, 3.05) is 19.0 Å². The molecule has 2 aromatic carbocycles. The molecule has 0 aliphatic carbocycles. The number of rotatable bonds is 7. The van der Waals surface area contributed by atoms with Crippen molar-refractivity contribution in [3.05, 3.63) is 54.1 Å². The van der Waals surface area contributed by atoms with Gasteiger partial charge in [-0.1, -0.05) is 31.2 Å². The van der Waals surface area contributed by atoms with Crippen molar-refractivity contribution in [1.82, 2.24) is 19.8 Å². The molecule has 0 spiro atoms. The number of urea groups is 1. The second kappa shape index (κ2) is 8.33. The Bertz CT molecular complexity index is 1190. The van der Waals surface area contributed by atoms with Gasteiger partial charge in [-0.25, -0.2) is 9.78 Å². The number of imide groups is 1. The van der Waals surface area contributed by atoms with Gasteiger partial charge in [0.2, 0.25) is 11.9 Å². The molecule has 9 nitrogen and oxygen atoms in total. The Morgan fingerprint density at radius 3 is 2.56 bits per heavy atom. The van der Waals surface area contributed by atoms with Crippen LogP contribution in [0.3, 0.4) is 0 Å². The summed E-state index contributed by atoms with van der Waals surface area (Å²) in [6, 6.07) is 13.8. The lowest BCUT2D eigenvalue weighted by molar-refractivity contribution is -0.133. The average Bonchev–Trinajstić information content (AvgIpc) is 3.24. The van der Waals surface area contributed by atoms with Gasteiger partial charge in [0.05, 0.1) is 18.1 Å². The van der Waals surface area contributed by atoms with E-state index in [0.717, 1.165) is 22.4 Å². The predicted octanol–water partition coefficient (Wildman–Crippen LogP) is 2.86. The fraction of sp³-hybridized carbons (Fsp3) is 0.304. The quantitative estimate of drug-likeness (QED) is 0.555. The van der Waals surface area contributed by atoms with E-state index in [4.69, 9.17) is 4.74 Å². The number of imidazole rings is 1. The Morgan fingerprint density at radius 1 is 1.16 bits per heavy atom. The lowest BCUT2D eigenvalue weighted by Gasteiger charge is -2.22. The van der Waals surface area contributed by atoms with Gasteiger partial charge in [0.25, 0.3) is 5.91 Å². The van der Waals surface area contributed by atoms with Gasteiger partial charge in [-0.3, -0.25) is 19.8 Å². The summed E-state index contributed by atoms with van der Waals surface area (Å²) >= 11 is 0. The summed E-state index contributed by atoms with van der Waals surface area (Å²) in [5, 5.41) is 5.46. The van der Waals surface area contributed by atoms with E-state index in [1.165, 1.54) is 0 Å². The fourth-order valence-electron chi connectivity index (χ4n) is 3.89. The van der Waals surface area contributed by atoms with Crippen molar-refractivity contribution in [3.63, 3.8) is 0 Å². The largest absolute Gasteiger partial charge is 0.497 e. The van der Waals surface area contributed by atoms with Crippen LogP contribution >= 0.6 is 0 Å². The Kier molecular flexibility index (Phi) is 5.56. The second-order valence-electron chi connectivity index (χ2n) is 7.80. The molecule has 4 rings (SSSR count). The third kappa shape index (κ3) is 3.66. The van der Waals surface area contributed by atoms with E-state index in [2.05, 4.69) is 15.6 Å². The summed E-state index contributed by atoms with van der Waals surface area (Å²) in [6.45, 7) is 3.92. The Balaban J connectivity index is 1.52. The zero-order valence-electron chi connectivity index (χ0n) is 18.2. The van der Waals surface area contributed by atoms with E-state index in [0.29, 0.717) is 23.8 Å². The van der Waals surface area contributed by atoms with Crippen LogP contribution in [0.1, 0.15) is 25.8 Å². The number of hydrogen-bond acceptors (Lipinski definition) is 5. The van der Waals surface area contributed by atoms with Crippen LogP contribution in [0.15, 0.2) is 48.5 Å². The molecule has 0 saturated carbocycles. The molecule has 166 valence electrons. The smallest absolute Gasteiger partial charge is 0.325 e. The number of carbonyl (C=O) groups excluding carboxylic acids is 3. The minimum atomic E-state index is -1.26. The fourth-order valence-corrected chi connectivity index (χ4v) is 3.89. The highest BCUT2D eigenvalue weighted by Crippen LogP contribution is 2.30. The van der Waals surface area contributed by atoms with Gasteiger partial charge in [-0.05, 0) is 43.2 Å². The first-order valence-corrected chi connectivity index (χ1v) is 10.4. The van der Waals surface area contributed by atoms with E-state index in [-0.39, 0.29) is 0 Å². The van der Waals surface area contributed by atoms with Crippen molar-refractivity contribution in [2.24, 2.45) is 0 Å². The number of amides is 4. The molecule has 32 heavy (non-hydrogen) atoms. The Hall–Kier alpha value is -3.88. The molecular formula is C23H25N5O4. The van der Waals surface area contributed by atoms with Gasteiger partial charge in [0.15, 0.2) is 0 Å². The molecule has 0 unspecified atom stereocenters. The summed E-state index contributed by atoms with van der Waals surface area (Å²) in [7, 11) is 1.55. The summed E-state index contributed by atoms with van der Waals surface area (Å²) in [5.74, 6) is 0.0355. The van der Waals surface area contributed by atoms with Gasteiger partial charge in [0, 0.05) is 6.54 Å². The molecule has 0 radical (unpaired) electrons. The predicted molar refractivity (Wildman–Crippen MR) is 119 cm³/mol. The number of aryl methyl sites for hydroxylation is 1. The molecule has 2 heterocycles. The number of nitrogens with one attached hydrogen (secondary N) is 2. The topological polar surface area (TPSA) is 106 Å². The molecule has 0 bridgehead atoms. The number of anilines is 1. The number of benzene rings is 2. The first-order chi connectivity index (χ1) is 15.4. The lowest BCUT2D eigenvalue weighted by atomic mass is 9.92. The number of methoxy groups -OCH3 is 1. The van der Waals surface area contributed by atoms with Crippen molar-refractivity contribution in [2.45, 2.75) is 32.4 Å². The number of fused-ring (bicyclic) bond motifs is 1. The second-order valence-corrected chi connectivity index (χ2v) is 7.80. The first-order valence-electron chi connectivity index (χ1n) is 10.4. The van der Waals surface area contributed by atoms with Crippen LogP contribution in [0.2, 0.25) is 0 Å². The Labute approximate surface area is 185 Å². The molecule has 1 aliphatic heterocycles. The number of aromatic nitrogens is 2. The van der Waals surface area contributed by atoms with E-state index in [1.54, 1.807) is 38.3 Å². The van der Waals surface area contributed by atoms with E-state index in [1.807, 2.05) is 35.8 Å². The van der Waals surface area contributed by atoms with Crippen molar-refractivity contribution >= 4 is 34.8 Å². The molecule has 2 N–H and O–H groups in total. The van der Waals surface area contributed by atoms with Crippen LogP contribution in [0, 0.1) is 0 Å². The number of ether oxygens (including phenoxy) is 1. The highest BCUT2D eigenvalue weighted by atomic mass is 16.5. The molecule has 3 aromatic rings. The molecular weight excluding hydrogens is 410 g/mol. The van der Waals surface area contributed by atoms with Crippen LogP contribution < -0.4 is 15.4 Å². The normalized spacial score (nSPS) is 18.2. The maximum Gasteiger partial charge on any atom is 0.325 e. The van der Waals surface area contributed by atoms with Crippen LogP contribution in [0.25, 0.3) is 11.0 Å². The van der Waals surface area contributed by atoms with Gasteiger partial charge in [-0.2, -0.15) is 0 Å². The molecule has 4 amide bonds. The third-order valence-electron chi connectivity index (χ3n) is 5.60. The first kappa shape index (κ1) is 21.4. The Morgan fingerprint density at radius 2 is 1.88 bits per heavy atom. The highest BCUT2D eigenvalue weighted by Gasteiger charge is 2.49. The van der Waals surface area contributed by atoms with E-state index >= 15 is 0 Å². The number of hydrogen-bond donors (Lipinski definition) is 2. The summed E-state index contributed by atoms with van der Waals surface area (Å²) in [5.41, 5.74) is 1.01. The van der Waals surface area contributed by atoms with Gasteiger partial charge < -0.3 is 14.6 Å². The van der Waals surface area contributed by atoms with Crippen LogP contribution in [0.4, 0.5) is 10.7 Å². The molecule has 9 heteroatoms. The maximum absolute atomic E-state index is 13.1. The summed E-state index contributed by atoms with van der Waals surface area (Å²) in [4.78, 5) is 43.8. The minimum Gasteiger partial charge on any atom is -0.497 e. The molecule has 1 atom stereocenters. The van der Waals surface area contributed by atoms with Crippen molar-refractivity contribution in [3.8, 4) is 5.75 Å². The molecule has 1 aliphatic rings. The maximum atomic E-state index is 13.1. The van der Waals surface area contributed by atoms with Gasteiger partial charge in [0.1, 0.15) is 17.8 Å². The SMILES string of the molecule is CCCn1c(NC(=O)CN2C(=O)N[C@@](C)(c3ccc(OC)cc3)C2=O)nc2ccccc21. The molecule has 1 aromatic heterocycles. The summed E-state index contributed by atoms with van der Waals surface area (Å²) < 4.78 is 7.07. The molecule has 1 fully saturated rings. The van der Waals surface area contributed by atoms with Crippen LogP contribution in [0.5, 0.6) is 5.75 Å².